The van der Waals surface area contributed by atoms with Crippen LogP contribution in [-0.2, 0) is 19.6 Å². The summed E-state index contributed by atoms with van der Waals surface area (Å²) in [4.78, 5) is 36.0. The Morgan fingerprint density at radius 1 is 1.09 bits per heavy atom. The number of anilines is 1. The van der Waals surface area contributed by atoms with Gasteiger partial charge in [0.05, 0.1) is 11.0 Å². The summed E-state index contributed by atoms with van der Waals surface area (Å²) < 4.78 is 29.7. The molecule has 5 atom stereocenters. The first kappa shape index (κ1) is 31.4. The Kier molecular flexibility index (Phi) is 7.97. The minimum Gasteiger partial charge on any atom is -0.378 e. The lowest BCUT2D eigenvalue weighted by molar-refractivity contribution is -0.143. The minimum atomic E-state index is -4.07. The monoisotopic (exact) mass is 616 g/mol. The van der Waals surface area contributed by atoms with Crippen molar-refractivity contribution in [3.63, 3.8) is 0 Å². The van der Waals surface area contributed by atoms with Gasteiger partial charge in [0, 0.05) is 49.7 Å². The normalized spacial score (nSPS) is 22.0. The van der Waals surface area contributed by atoms with E-state index in [1.165, 1.54) is 17.0 Å². The molecule has 0 spiro atoms. The van der Waals surface area contributed by atoms with Crippen LogP contribution in [0, 0.1) is 34.0 Å². The molecule has 2 N–H and O–H groups in total. The van der Waals surface area contributed by atoms with Gasteiger partial charge in [0.25, 0.3) is 0 Å². The van der Waals surface area contributed by atoms with Crippen molar-refractivity contribution in [3.8, 4) is 6.07 Å². The molecule has 2 fully saturated rings. The predicted molar refractivity (Wildman–Crippen MR) is 169 cm³/mol. The lowest BCUT2D eigenvalue weighted by Gasteiger charge is -2.37. The minimum absolute atomic E-state index is 0.0467. The summed E-state index contributed by atoms with van der Waals surface area (Å²) in [7, 11) is -0.342. The van der Waals surface area contributed by atoms with Crippen molar-refractivity contribution in [1.82, 2.24) is 19.9 Å². The lowest BCUT2D eigenvalue weighted by Crippen LogP contribution is -2.59. The quantitative estimate of drug-likeness (QED) is 0.392. The average Bonchev–Trinajstić information content (AvgIpc) is 3.29. The topological polar surface area (TPSA) is 136 Å². The Labute approximate surface area is 259 Å². The van der Waals surface area contributed by atoms with E-state index in [2.05, 4.69) is 34.9 Å². The van der Waals surface area contributed by atoms with Gasteiger partial charge >= 0.3 is 0 Å². The SMILES string of the molecule is CN(C)c1ccc(S(=O)(=O)NC(C(=O)N2C[C@H]3[C@@H]([C@H]2C(=O)NC(C#N)c2cncc4ccccc24)C3(C)C)C(C)(C)C)cc1. The average molecular weight is 617 g/mol. The molecule has 1 saturated heterocycles. The van der Waals surface area contributed by atoms with Crippen LogP contribution < -0.4 is 14.9 Å². The number of nitrogens with one attached hydrogen (secondary N) is 2. The Morgan fingerprint density at radius 3 is 2.36 bits per heavy atom. The van der Waals surface area contributed by atoms with Crippen molar-refractivity contribution < 1.29 is 18.0 Å². The van der Waals surface area contributed by atoms with E-state index < -0.39 is 45.4 Å². The van der Waals surface area contributed by atoms with E-state index in [9.17, 15) is 23.3 Å². The standard InChI is InChI=1S/C33H40N6O4S/c1-32(2,3)29(37-44(42,43)22-14-12-21(13-15-22)38(6)7)31(41)39-19-25-27(33(25,4)5)28(39)30(40)36-26(16-34)24-18-35-17-20-10-8-9-11-23(20)24/h8-15,17-18,25-29,37H,19H2,1-7H3,(H,36,40)/t25-,26?,27-,28-,29?/m0/s1. The number of benzene rings is 2. The second kappa shape index (κ2) is 11.2. The number of likely N-dealkylation sites (tertiary alicyclic amines) is 1. The number of nitrogens with zero attached hydrogens (tertiary/aromatic N) is 4. The van der Waals surface area contributed by atoms with Gasteiger partial charge in [-0.05, 0) is 52.3 Å². The summed E-state index contributed by atoms with van der Waals surface area (Å²) in [5.41, 5.74) is 0.436. The molecule has 2 unspecified atom stereocenters. The molecule has 3 aromatic rings. The molecule has 2 aliphatic rings. The highest BCUT2D eigenvalue weighted by Gasteiger charge is 2.69. The van der Waals surface area contributed by atoms with Crippen LogP contribution >= 0.6 is 0 Å². The van der Waals surface area contributed by atoms with Crippen LogP contribution in [0.25, 0.3) is 10.8 Å². The number of aromatic nitrogens is 1. The number of sulfonamides is 1. The smallest absolute Gasteiger partial charge is 0.244 e. The van der Waals surface area contributed by atoms with Gasteiger partial charge in [0.1, 0.15) is 18.1 Å². The number of piperidine rings is 1. The summed E-state index contributed by atoms with van der Waals surface area (Å²) in [5.74, 6) is -0.940. The highest BCUT2D eigenvalue weighted by molar-refractivity contribution is 7.89. The summed E-state index contributed by atoms with van der Waals surface area (Å²) in [6.07, 6.45) is 3.28. The molecule has 2 amide bonds. The number of carbonyl (C=O) groups excluding carboxylic acids is 2. The largest absolute Gasteiger partial charge is 0.378 e. The molecule has 2 heterocycles. The van der Waals surface area contributed by atoms with Crippen molar-refractivity contribution in [3.05, 3.63) is 66.5 Å². The lowest BCUT2D eigenvalue weighted by atomic mass is 9.86. The van der Waals surface area contributed by atoms with Gasteiger partial charge in [-0.2, -0.15) is 9.98 Å². The molecule has 0 radical (unpaired) electrons. The fourth-order valence-corrected chi connectivity index (χ4v) is 7.90. The summed E-state index contributed by atoms with van der Waals surface area (Å²) in [6.45, 7) is 9.85. The van der Waals surface area contributed by atoms with Gasteiger partial charge in [-0.15, -0.1) is 0 Å². The van der Waals surface area contributed by atoms with Crippen molar-refractivity contribution in [2.45, 2.75) is 57.6 Å². The predicted octanol–water partition coefficient (Wildman–Crippen LogP) is 3.86. The van der Waals surface area contributed by atoms with Gasteiger partial charge in [-0.25, -0.2) is 8.42 Å². The van der Waals surface area contributed by atoms with E-state index in [4.69, 9.17) is 0 Å². The van der Waals surface area contributed by atoms with Crippen LogP contribution in [0.4, 0.5) is 5.69 Å². The highest BCUT2D eigenvalue weighted by atomic mass is 32.2. The number of amides is 2. The van der Waals surface area contributed by atoms with Gasteiger partial charge < -0.3 is 15.1 Å². The molecule has 10 nitrogen and oxygen atoms in total. The number of rotatable bonds is 8. The third kappa shape index (κ3) is 5.64. The third-order valence-corrected chi connectivity index (χ3v) is 10.7. The van der Waals surface area contributed by atoms with Crippen LogP contribution in [-0.4, -0.2) is 62.8 Å². The van der Waals surface area contributed by atoms with E-state index in [1.807, 2.05) is 43.3 Å². The highest BCUT2D eigenvalue weighted by Crippen LogP contribution is 2.65. The van der Waals surface area contributed by atoms with E-state index in [0.29, 0.717) is 12.1 Å². The van der Waals surface area contributed by atoms with Gasteiger partial charge in [0.15, 0.2) is 0 Å². The molecule has 232 valence electrons. The fourth-order valence-electron chi connectivity index (χ4n) is 6.50. The number of fused-ring (bicyclic) bond motifs is 2. The first-order valence-corrected chi connectivity index (χ1v) is 16.2. The zero-order chi connectivity index (χ0) is 32.2. The number of pyridine rings is 1. The van der Waals surface area contributed by atoms with Crippen molar-refractivity contribution in [1.29, 1.82) is 5.26 Å². The number of carbonyl (C=O) groups is 2. The summed E-state index contributed by atoms with van der Waals surface area (Å²) in [6, 6.07) is 13.2. The first-order chi connectivity index (χ1) is 20.6. The number of nitriles is 1. The molecule has 2 aromatic carbocycles. The van der Waals surface area contributed by atoms with Gasteiger partial charge in [0.2, 0.25) is 21.8 Å². The molecule has 11 heteroatoms. The Bertz CT molecular complexity index is 1740. The molecule has 1 aromatic heterocycles. The molecular formula is C33H40N6O4S. The van der Waals surface area contributed by atoms with Crippen LogP contribution in [0.15, 0.2) is 65.8 Å². The van der Waals surface area contributed by atoms with Crippen molar-refractivity contribution >= 4 is 38.3 Å². The molecule has 1 aliphatic heterocycles. The summed E-state index contributed by atoms with van der Waals surface area (Å²) >= 11 is 0. The molecule has 0 bridgehead atoms. The fraction of sp³-hybridized carbons (Fsp3) is 0.455. The summed E-state index contributed by atoms with van der Waals surface area (Å²) in [5, 5.41) is 14.6. The maximum atomic E-state index is 14.3. The number of hydrogen-bond acceptors (Lipinski definition) is 7. The molecular weight excluding hydrogens is 576 g/mol. The molecule has 1 saturated carbocycles. The first-order valence-electron chi connectivity index (χ1n) is 14.7. The van der Waals surface area contributed by atoms with Crippen molar-refractivity contribution in [2.75, 3.05) is 25.5 Å². The Morgan fingerprint density at radius 2 is 1.75 bits per heavy atom. The third-order valence-electron chi connectivity index (χ3n) is 9.24. The van der Waals surface area contributed by atoms with E-state index in [0.717, 1.165) is 16.5 Å². The van der Waals surface area contributed by atoms with Crippen LogP contribution in [0.5, 0.6) is 0 Å². The van der Waals surface area contributed by atoms with Crippen LogP contribution in [0.1, 0.15) is 46.2 Å². The Hall–Kier alpha value is -4.01. The van der Waals surface area contributed by atoms with Gasteiger partial charge in [-0.3, -0.25) is 14.6 Å². The van der Waals surface area contributed by atoms with E-state index >= 15 is 0 Å². The van der Waals surface area contributed by atoms with Gasteiger partial charge in [-0.1, -0.05) is 58.9 Å². The molecule has 44 heavy (non-hydrogen) atoms. The molecule has 1 aliphatic carbocycles. The second-order valence-electron chi connectivity index (χ2n) is 13.7. The van der Waals surface area contributed by atoms with E-state index in [-0.39, 0.29) is 22.1 Å². The maximum absolute atomic E-state index is 14.3. The molecule has 5 rings (SSSR count). The zero-order valence-corrected chi connectivity index (χ0v) is 27.0. The zero-order valence-electron chi connectivity index (χ0n) is 26.2. The van der Waals surface area contributed by atoms with Crippen molar-refractivity contribution in [2.24, 2.45) is 22.7 Å². The second-order valence-corrected chi connectivity index (χ2v) is 15.4. The Balaban J connectivity index is 1.43. The maximum Gasteiger partial charge on any atom is 0.244 e. The van der Waals surface area contributed by atoms with E-state index in [1.54, 1.807) is 45.3 Å². The van der Waals surface area contributed by atoms with Crippen LogP contribution in [0.2, 0.25) is 0 Å². The van der Waals surface area contributed by atoms with Crippen LogP contribution in [0.3, 0.4) is 0 Å². The number of hydrogen-bond donors (Lipinski definition) is 2.